The molecular formula is C14H21BrO3S. The summed E-state index contributed by atoms with van der Waals surface area (Å²) in [5, 5.41) is 0.796. The zero-order chi connectivity index (χ0) is 14.3. The second kappa shape index (κ2) is 7.90. The molecule has 0 fully saturated rings. The fourth-order valence-corrected chi connectivity index (χ4v) is 3.44. The third-order valence-electron chi connectivity index (χ3n) is 3.20. The molecular weight excluding hydrogens is 328 g/mol. The largest absolute Gasteiger partial charge is 0.496 e. The minimum atomic E-state index is -2.88. The van der Waals surface area contributed by atoms with Crippen molar-refractivity contribution in [1.29, 1.82) is 0 Å². The molecule has 0 aromatic heterocycles. The van der Waals surface area contributed by atoms with Crippen molar-refractivity contribution in [3.8, 4) is 5.75 Å². The Bertz CT molecular complexity index is 485. The van der Waals surface area contributed by atoms with Crippen LogP contribution in [0.3, 0.4) is 0 Å². The van der Waals surface area contributed by atoms with Gasteiger partial charge in [0.1, 0.15) is 15.6 Å². The van der Waals surface area contributed by atoms with Gasteiger partial charge in [0.05, 0.1) is 12.9 Å². The van der Waals surface area contributed by atoms with Crippen molar-refractivity contribution in [2.24, 2.45) is 5.92 Å². The minimum absolute atomic E-state index is 0.219. The molecule has 0 heterocycles. The monoisotopic (exact) mass is 348 g/mol. The van der Waals surface area contributed by atoms with Crippen LogP contribution in [0.25, 0.3) is 0 Å². The number of sulfone groups is 1. The summed E-state index contributed by atoms with van der Waals surface area (Å²) >= 11 is 3.47. The number of rotatable bonds is 8. The summed E-state index contributed by atoms with van der Waals surface area (Å²) in [5.74, 6) is 1.65. The van der Waals surface area contributed by atoms with Gasteiger partial charge in [0.2, 0.25) is 0 Å². The van der Waals surface area contributed by atoms with Crippen molar-refractivity contribution in [3.63, 3.8) is 0 Å². The lowest BCUT2D eigenvalue weighted by molar-refractivity contribution is 0.405. The first-order valence-corrected chi connectivity index (χ1v) is 9.35. The number of ether oxygens (including phenoxy) is 1. The summed E-state index contributed by atoms with van der Waals surface area (Å²) in [4.78, 5) is 0. The lowest BCUT2D eigenvalue weighted by Gasteiger charge is -2.16. The molecule has 3 nitrogen and oxygen atoms in total. The highest BCUT2D eigenvalue weighted by atomic mass is 79.9. The molecule has 0 saturated heterocycles. The Labute approximate surface area is 124 Å². The molecule has 0 amide bonds. The van der Waals surface area contributed by atoms with Crippen molar-refractivity contribution < 1.29 is 13.2 Å². The minimum Gasteiger partial charge on any atom is -0.496 e. The molecule has 0 aliphatic rings. The summed E-state index contributed by atoms with van der Waals surface area (Å²) in [7, 11) is -1.23. The Morgan fingerprint density at radius 3 is 2.58 bits per heavy atom. The Kier molecular flexibility index (Phi) is 6.86. The molecule has 0 spiro atoms. The van der Waals surface area contributed by atoms with Crippen LogP contribution in [-0.4, -0.2) is 32.4 Å². The fourth-order valence-electron chi connectivity index (χ4n) is 1.91. The first kappa shape index (κ1) is 16.5. The van der Waals surface area contributed by atoms with Crippen LogP contribution in [-0.2, 0) is 16.3 Å². The van der Waals surface area contributed by atoms with Crippen LogP contribution in [0.5, 0.6) is 5.75 Å². The molecule has 5 heteroatoms. The standard InChI is InChI=1S/C14H21BrO3S/c1-3-19(16,17)9-8-12(11-15)10-13-6-4-5-7-14(13)18-2/h4-7,12H,3,8-11H2,1-2H3. The van der Waals surface area contributed by atoms with Crippen molar-refractivity contribution in [3.05, 3.63) is 29.8 Å². The van der Waals surface area contributed by atoms with E-state index in [0.717, 1.165) is 23.1 Å². The van der Waals surface area contributed by atoms with Gasteiger partial charge in [-0.2, -0.15) is 0 Å². The van der Waals surface area contributed by atoms with E-state index in [-0.39, 0.29) is 11.5 Å². The molecule has 0 bridgehead atoms. The van der Waals surface area contributed by atoms with Gasteiger partial charge in [-0.25, -0.2) is 8.42 Å². The van der Waals surface area contributed by atoms with Gasteiger partial charge < -0.3 is 4.74 Å². The summed E-state index contributed by atoms with van der Waals surface area (Å²) in [6, 6.07) is 7.88. The second-order valence-electron chi connectivity index (χ2n) is 4.56. The smallest absolute Gasteiger partial charge is 0.150 e. The Balaban J connectivity index is 2.66. The molecule has 108 valence electrons. The van der Waals surface area contributed by atoms with Crippen LogP contribution in [0, 0.1) is 5.92 Å². The van der Waals surface area contributed by atoms with Crippen LogP contribution in [0.4, 0.5) is 0 Å². The normalized spacial score (nSPS) is 13.2. The zero-order valence-corrected chi connectivity index (χ0v) is 13.8. The number of benzene rings is 1. The molecule has 0 aliphatic carbocycles. The van der Waals surface area contributed by atoms with Gasteiger partial charge in [-0.15, -0.1) is 0 Å². The second-order valence-corrected chi connectivity index (χ2v) is 7.68. The molecule has 0 radical (unpaired) electrons. The molecule has 19 heavy (non-hydrogen) atoms. The predicted molar refractivity (Wildman–Crippen MR) is 82.9 cm³/mol. The Hall–Kier alpha value is -0.550. The van der Waals surface area contributed by atoms with Crippen molar-refractivity contribution in [2.75, 3.05) is 23.9 Å². The van der Waals surface area contributed by atoms with E-state index >= 15 is 0 Å². The quantitative estimate of drug-likeness (QED) is 0.678. The average molecular weight is 349 g/mol. The SMILES string of the molecule is CCS(=O)(=O)CCC(CBr)Cc1ccccc1OC. The highest BCUT2D eigenvalue weighted by molar-refractivity contribution is 9.09. The topological polar surface area (TPSA) is 43.4 Å². The van der Waals surface area contributed by atoms with E-state index in [0.29, 0.717) is 12.3 Å². The average Bonchev–Trinajstić information content (AvgIpc) is 2.43. The number of methoxy groups -OCH3 is 1. The van der Waals surface area contributed by atoms with Gasteiger partial charge in [-0.05, 0) is 30.4 Å². The van der Waals surface area contributed by atoms with Gasteiger partial charge in [0.25, 0.3) is 0 Å². The fraction of sp³-hybridized carbons (Fsp3) is 0.571. The Morgan fingerprint density at radius 2 is 2.00 bits per heavy atom. The van der Waals surface area contributed by atoms with E-state index in [1.165, 1.54) is 0 Å². The lowest BCUT2D eigenvalue weighted by atomic mass is 9.98. The van der Waals surface area contributed by atoms with Gasteiger partial charge >= 0.3 is 0 Å². The molecule has 1 rings (SSSR count). The van der Waals surface area contributed by atoms with Crippen molar-refractivity contribution in [2.45, 2.75) is 19.8 Å². The van der Waals surface area contributed by atoms with Crippen molar-refractivity contribution >= 4 is 25.8 Å². The maximum absolute atomic E-state index is 11.6. The van der Waals surface area contributed by atoms with Crippen LogP contribution in [0.1, 0.15) is 18.9 Å². The lowest BCUT2D eigenvalue weighted by Crippen LogP contribution is -2.16. The molecule has 0 N–H and O–H groups in total. The third-order valence-corrected chi connectivity index (χ3v) is 5.85. The number of hydrogen-bond donors (Lipinski definition) is 0. The first-order valence-electron chi connectivity index (χ1n) is 6.40. The van der Waals surface area contributed by atoms with Crippen LogP contribution in [0.15, 0.2) is 24.3 Å². The maximum Gasteiger partial charge on any atom is 0.150 e. The van der Waals surface area contributed by atoms with Crippen LogP contribution >= 0.6 is 15.9 Å². The van der Waals surface area contributed by atoms with E-state index in [9.17, 15) is 8.42 Å². The van der Waals surface area contributed by atoms with Crippen LogP contribution < -0.4 is 4.74 Å². The van der Waals surface area contributed by atoms with E-state index in [4.69, 9.17) is 4.74 Å². The number of para-hydroxylation sites is 1. The van der Waals surface area contributed by atoms with E-state index in [1.54, 1.807) is 14.0 Å². The number of alkyl halides is 1. The molecule has 1 unspecified atom stereocenters. The molecule has 0 saturated carbocycles. The highest BCUT2D eigenvalue weighted by Crippen LogP contribution is 2.23. The van der Waals surface area contributed by atoms with E-state index in [2.05, 4.69) is 15.9 Å². The predicted octanol–water partition coefficient (Wildman–Crippen LogP) is 3.07. The Morgan fingerprint density at radius 1 is 1.32 bits per heavy atom. The zero-order valence-electron chi connectivity index (χ0n) is 11.4. The highest BCUT2D eigenvalue weighted by Gasteiger charge is 2.15. The molecule has 1 aromatic carbocycles. The van der Waals surface area contributed by atoms with Gasteiger partial charge in [0, 0.05) is 11.1 Å². The van der Waals surface area contributed by atoms with Gasteiger partial charge in [-0.3, -0.25) is 0 Å². The number of halogens is 1. The van der Waals surface area contributed by atoms with Gasteiger partial charge in [0.15, 0.2) is 0 Å². The number of hydrogen-bond acceptors (Lipinski definition) is 3. The third kappa shape index (κ3) is 5.53. The molecule has 1 atom stereocenters. The molecule has 1 aromatic rings. The maximum atomic E-state index is 11.6. The van der Waals surface area contributed by atoms with Gasteiger partial charge in [-0.1, -0.05) is 41.1 Å². The summed E-state index contributed by atoms with van der Waals surface area (Å²) in [6.07, 6.45) is 1.51. The van der Waals surface area contributed by atoms with Crippen LogP contribution in [0.2, 0.25) is 0 Å². The first-order chi connectivity index (χ1) is 9.02. The van der Waals surface area contributed by atoms with E-state index in [1.807, 2.05) is 24.3 Å². The molecule has 0 aliphatic heterocycles. The summed E-state index contributed by atoms with van der Waals surface area (Å²) in [6.45, 7) is 1.69. The van der Waals surface area contributed by atoms with E-state index < -0.39 is 9.84 Å². The summed E-state index contributed by atoms with van der Waals surface area (Å²) in [5.41, 5.74) is 1.13. The summed E-state index contributed by atoms with van der Waals surface area (Å²) < 4.78 is 28.4. The van der Waals surface area contributed by atoms with Crippen molar-refractivity contribution in [1.82, 2.24) is 0 Å².